The van der Waals surface area contributed by atoms with Crippen LogP contribution in [0.3, 0.4) is 0 Å². The van der Waals surface area contributed by atoms with Gasteiger partial charge in [0, 0.05) is 48.5 Å². The van der Waals surface area contributed by atoms with Crippen molar-refractivity contribution in [2.24, 2.45) is 0 Å². The van der Waals surface area contributed by atoms with Crippen LogP contribution in [-0.4, -0.2) is 4.57 Å². The molecule has 0 aliphatic rings. The van der Waals surface area contributed by atoms with Crippen LogP contribution in [0.4, 0.5) is 17.1 Å². The summed E-state index contributed by atoms with van der Waals surface area (Å²) in [6, 6.07) is 59.7. The molecule has 0 bridgehead atoms. The number of hydrogen-bond donors (Lipinski definition) is 0. The molecule has 226 valence electrons. The fourth-order valence-electron chi connectivity index (χ4n) is 7.15. The Labute approximate surface area is 286 Å². The molecule has 0 saturated heterocycles. The smallest absolute Gasteiger partial charge is 0.0640 e. The van der Waals surface area contributed by atoms with Gasteiger partial charge >= 0.3 is 0 Å². The average molecular weight is 649 g/mol. The summed E-state index contributed by atoms with van der Waals surface area (Å²) in [5.41, 5.74) is 8.33. The summed E-state index contributed by atoms with van der Waals surface area (Å²) < 4.78 is 7.48. The lowest BCUT2D eigenvalue weighted by atomic mass is 10.0. The van der Waals surface area contributed by atoms with E-state index >= 15 is 0 Å². The largest absolute Gasteiger partial charge is 0.317 e. The van der Waals surface area contributed by atoms with Gasteiger partial charge < -0.3 is 9.47 Å². The molecular formula is C44H28N2S2. The molecule has 0 saturated carbocycles. The lowest BCUT2D eigenvalue weighted by Gasteiger charge is -2.27. The highest BCUT2D eigenvalue weighted by atomic mass is 32.1. The van der Waals surface area contributed by atoms with Crippen LogP contribution < -0.4 is 4.90 Å². The summed E-state index contributed by atoms with van der Waals surface area (Å²) in [6.45, 7) is 0. The topological polar surface area (TPSA) is 8.17 Å². The maximum atomic E-state index is 2.47. The van der Waals surface area contributed by atoms with Crippen molar-refractivity contribution in [1.29, 1.82) is 0 Å². The summed E-state index contributed by atoms with van der Waals surface area (Å²) in [4.78, 5) is 2.47. The molecule has 3 aromatic heterocycles. The zero-order chi connectivity index (χ0) is 31.6. The van der Waals surface area contributed by atoms with Crippen LogP contribution in [0.25, 0.3) is 68.1 Å². The SMILES string of the molecule is c1ccc2c(c1)ccn2-c1ccc(-c2ccc(N(c3cccc4c3sc3ccccc34)c3cccc4c3sc3ccccc34)cc2)cc1. The minimum absolute atomic E-state index is 1.14. The molecule has 7 aromatic carbocycles. The van der Waals surface area contributed by atoms with Gasteiger partial charge in [0.25, 0.3) is 0 Å². The van der Waals surface area contributed by atoms with Crippen LogP contribution in [0.5, 0.6) is 0 Å². The Balaban J connectivity index is 1.11. The van der Waals surface area contributed by atoms with Gasteiger partial charge in [-0.05, 0) is 77.2 Å². The van der Waals surface area contributed by atoms with Gasteiger partial charge in [0.15, 0.2) is 0 Å². The van der Waals surface area contributed by atoms with Crippen LogP contribution in [0, 0.1) is 0 Å². The Kier molecular flexibility index (Phi) is 6.26. The first kappa shape index (κ1) is 27.4. The van der Waals surface area contributed by atoms with E-state index in [1.54, 1.807) is 0 Å². The number of fused-ring (bicyclic) bond motifs is 7. The Hall–Kier alpha value is -5.68. The van der Waals surface area contributed by atoms with Crippen molar-refractivity contribution >= 4 is 91.0 Å². The van der Waals surface area contributed by atoms with E-state index in [-0.39, 0.29) is 0 Å². The van der Waals surface area contributed by atoms with E-state index < -0.39 is 0 Å². The summed E-state index contributed by atoms with van der Waals surface area (Å²) in [7, 11) is 0. The van der Waals surface area contributed by atoms with E-state index in [0.717, 1.165) is 11.4 Å². The standard InChI is InChI=1S/C44H28N2S2/c1-4-14-38-31(9-1)27-28-45(38)32-23-19-29(20-24-32)30-21-25-33(26-22-30)46(39-15-7-12-36-34-10-2-5-17-41(34)47-43(36)39)40-16-8-13-37-35-11-3-6-18-42(35)48-44(37)40/h1-28H. The maximum Gasteiger partial charge on any atom is 0.0640 e. The Morgan fingerprint density at radius 2 is 0.938 bits per heavy atom. The highest BCUT2D eigenvalue weighted by Gasteiger charge is 2.21. The Morgan fingerprint density at radius 1 is 0.417 bits per heavy atom. The zero-order valence-electron chi connectivity index (χ0n) is 25.9. The van der Waals surface area contributed by atoms with Crippen LogP contribution in [0.15, 0.2) is 170 Å². The van der Waals surface area contributed by atoms with Crippen LogP contribution in [0.1, 0.15) is 0 Å². The molecular weight excluding hydrogens is 621 g/mol. The predicted molar refractivity (Wildman–Crippen MR) is 209 cm³/mol. The fourth-order valence-corrected chi connectivity index (χ4v) is 9.56. The van der Waals surface area contributed by atoms with E-state index in [4.69, 9.17) is 0 Å². The van der Waals surface area contributed by atoms with E-state index in [1.165, 1.54) is 73.7 Å². The first-order chi connectivity index (χ1) is 23.8. The number of benzene rings is 7. The highest BCUT2D eigenvalue weighted by Crippen LogP contribution is 2.48. The van der Waals surface area contributed by atoms with Gasteiger partial charge in [-0.2, -0.15) is 0 Å². The van der Waals surface area contributed by atoms with E-state index in [2.05, 4.69) is 179 Å². The zero-order valence-corrected chi connectivity index (χ0v) is 27.5. The Morgan fingerprint density at radius 3 is 1.56 bits per heavy atom. The molecule has 2 nitrogen and oxygen atoms in total. The lowest BCUT2D eigenvalue weighted by molar-refractivity contribution is 1.13. The number of rotatable bonds is 5. The molecule has 0 unspecified atom stereocenters. The minimum atomic E-state index is 1.14. The van der Waals surface area contributed by atoms with Crippen molar-refractivity contribution in [3.63, 3.8) is 0 Å². The van der Waals surface area contributed by atoms with E-state index in [9.17, 15) is 0 Å². The highest BCUT2D eigenvalue weighted by molar-refractivity contribution is 7.27. The van der Waals surface area contributed by atoms with Gasteiger partial charge in [0.1, 0.15) is 0 Å². The average Bonchev–Trinajstić information content (AvgIpc) is 3.86. The second kappa shape index (κ2) is 11.0. The lowest BCUT2D eigenvalue weighted by Crippen LogP contribution is -2.10. The van der Waals surface area contributed by atoms with Gasteiger partial charge in [0.05, 0.1) is 26.3 Å². The number of para-hydroxylation sites is 1. The summed E-state index contributed by atoms with van der Waals surface area (Å²) in [6.07, 6.45) is 2.15. The van der Waals surface area contributed by atoms with Crippen LogP contribution in [-0.2, 0) is 0 Å². The van der Waals surface area contributed by atoms with E-state index in [0.29, 0.717) is 0 Å². The van der Waals surface area contributed by atoms with Gasteiger partial charge in [-0.25, -0.2) is 0 Å². The number of nitrogens with zero attached hydrogens (tertiary/aromatic N) is 2. The predicted octanol–water partition coefficient (Wildman–Crippen LogP) is 13.5. The second-order valence-electron chi connectivity index (χ2n) is 12.2. The molecule has 0 fully saturated rings. The first-order valence-electron chi connectivity index (χ1n) is 16.2. The normalized spacial score (nSPS) is 11.8. The number of anilines is 3. The second-order valence-corrected chi connectivity index (χ2v) is 14.3. The quantitative estimate of drug-likeness (QED) is 0.180. The molecule has 3 heterocycles. The molecule has 4 heteroatoms. The van der Waals surface area contributed by atoms with Gasteiger partial charge in [-0.3, -0.25) is 0 Å². The number of aromatic nitrogens is 1. The van der Waals surface area contributed by atoms with E-state index in [1.807, 2.05) is 22.7 Å². The summed E-state index contributed by atoms with van der Waals surface area (Å²) >= 11 is 3.75. The van der Waals surface area contributed by atoms with Crippen molar-refractivity contribution in [2.75, 3.05) is 4.90 Å². The van der Waals surface area contributed by atoms with Crippen molar-refractivity contribution < 1.29 is 0 Å². The molecule has 10 aromatic rings. The number of hydrogen-bond acceptors (Lipinski definition) is 3. The van der Waals surface area contributed by atoms with Gasteiger partial charge in [-0.15, -0.1) is 22.7 Å². The third kappa shape index (κ3) is 4.31. The molecule has 0 aliphatic carbocycles. The summed E-state index contributed by atoms with van der Waals surface area (Å²) in [5.74, 6) is 0. The molecule has 0 aliphatic heterocycles. The fraction of sp³-hybridized carbons (Fsp3) is 0. The molecule has 10 rings (SSSR count). The van der Waals surface area contributed by atoms with Crippen molar-refractivity contribution in [1.82, 2.24) is 4.57 Å². The van der Waals surface area contributed by atoms with Crippen LogP contribution in [0.2, 0.25) is 0 Å². The van der Waals surface area contributed by atoms with Crippen molar-refractivity contribution in [2.45, 2.75) is 0 Å². The Bertz CT molecular complexity index is 2670. The third-order valence-electron chi connectivity index (χ3n) is 9.45. The molecule has 0 radical (unpaired) electrons. The number of thiophene rings is 2. The van der Waals surface area contributed by atoms with Gasteiger partial charge in [0.2, 0.25) is 0 Å². The minimum Gasteiger partial charge on any atom is -0.317 e. The molecule has 0 atom stereocenters. The summed E-state index contributed by atoms with van der Waals surface area (Å²) in [5, 5.41) is 6.47. The van der Waals surface area contributed by atoms with Crippen LogP contribution >= 0.6 is 22.7 Å². The van der Waals surface area contributed by atoms with Gasteiger partial charge in [-0.1, -0.05) is 103 Å². The third-order valence-corrected chi connectivity index (χ3v) is 11.9. The molecule has 0 spiro atoms. The molecule has 0 N–H and O–H groups in total. The monoisotopic (exact) mass is 648 g/mol. The van der Waals surface area contributed by atoms with Crippen molar-refractivity contribution in [3.8, 4) is 16.8 Å². The maximum absolute atomic E-state index is 2.47. The molecule has 0 amide bonds. The van der Waals surface area contributed by atoms with Crippen molar-refractivity contribution in [3.05, 3.63) is 170 Å². The molecule has 48 heavy (non-hydrogen) atoms. The first-order valence-corrected chi connectivity index (χ1v) is 17.8.